The highest BCUT2D eigenvalue weighted by atomic mass is 79.9. The first-order valence-corrected chi connectivity index (χ1v) is 7.05. The molecule has 0 saturated heterocycles. The maximum Gasteiger partial charge on any atom is 0.197 e. The number of para-hydroxylation sites is 1. The Morgan fingerprint density at radius 2 is 1.65 bits per heavy atom. The van der Waals surface area contributed by atoms with Crippen LogP contribution < -0.4 is 0 Å². The van der Waals surface area contributed by atoms with Gasteiger partial charge in [0.15, 0.2) is 21.9 Å². The van der Waals surface area contributed by atoms with Crippen molar-refractivity contribution in [2.24, 2.45) is 0 Å². The smallest absolute Gasteiger partial charge is 0.197 e. The second kappa shape index (κ2) is 5.24. The van der Waals surface area contributed by atoms with Crippen LogP contribution in [-0.4, -0.2) is 15.0 Å². The summed E-state index contributed by atoms with van der Waals surface area (Å²) in [5, 5.41) is 0.297. The molecule has 3 nitrogen and oxygen atoms in total. The predicted molar refractivity (Wildman–Crippen MR) is 80.4 cm³/mol. The minimum absolute atomic E-state index is 0.166. The number of hydrogen-bond donors (Lipinski definition) is 0. The summed E-state index contributed by atoms with van der Waals surface area (Å²) < 4.78 is 14.0. The van der Waals surface area contributed by atoms with Gasteiger partial charge in [0, 0.05) is 9.86 Å². The first kappa shape index (κ1) is 13.7. The number of nitrogens with zero attached hydrogens (tertiary/aromatic N) is 3. The number of benzene rings is 1. The van der Waals surface area contributed by atoms with E-state index in [2.05, 4.69) is 30.9 Å². The molecule has 0 aliphatic rings. The van der Waals surface area contributed by atoms with Gasteiger partial charge in [0.1, 0.15) is 5.69 Å². The van der Waals surface area contributed by atoms with Crippen molar-refractivity contribution in [2.45, 2.75) is 0 Å². The second-order valence-corrected chi connectivity index (χ2v) is 5.52. The van der Waals surface area contributed by atoms with Gasteiger partial charge in [0.25, 0.3) is 0 Å². The summed E-state index contributed by atoms with van der Waals surface area (Å²) in [4.78, 5) is 12.2. The van der Waals surface area contributed by atoms with Crippen LogP contribution in [0.25, 0.3) is 22.4 Å². The van der Waals surface area contributed by atoms with E-state index in [0.717, 1.165) is 10.9 Å². The van der Waals surface area contributed by atoms with Gasteiger partial charge in [0.2, 0.25) is 0 Å². The first-order chi connectivity index (χ1) is 9.56. The Kier molecular flexibility index (Phi) is 3.58. The number of fused-ring (bicyclic) bond motifs is 1. The van der Waals surface area contributed by atoms with Crippen molar-refractivity contribution in [3.8, 4) is 11.5 Å². The number of pyridine rings is 1. The fraction of sp³-hybridized carbons (Fsp3) is 0. The van der Waals surface area contributed by atoms with Crippen molar-refractivity contribution in [2.75, 3.05) is 0 Å². The van der Waals surface area contributed by atoms with Crippen LogP contribution in [-0.2, 0) is 0 Å². The van der Waals surface area contributed by atoms with Crippen LogP contribution in [0.5, 0.6) is 0 Å². The molecule has 2 heterocycles. The SMILES string of the molecule is Fc1c(Cl)nc(-c2nc3ccccc3cc2Br)nc1Cl. The fourth-order valence-electron chi connectivity index (χ4n) is 1.75. The van der Waals surface area contributed by atoms with Gasteiger partial charge in [-0.3, -0.25) is 0 Å². The molecular formula is C13H5BrCl2FN3. The molecule has 0 spiro atoms. The number of rotatable bonds is 1. The summed E-state index contributed by atoms with van der Waals surface area (Å²) in [7, 11) is 0. The molecular weight excluding hydrogens is 368 g/mol. The molecule has 2 aromatic heterocycles. The predicted octanol–water partition coefficient (Wildman–Crippen LogP) is 4.90. The highest BCUT2D eigenvalue weighted by Crippen LogP contribution is 2.30. The van der Waals surface area contributed by atoms with Crippen LogP contribution in [0.1, 0.15) is 0 Å². The van der Waals surface area contributed by atoms with Gasteiger partial charge in [-0.2, -0.15) is 0 Å². The largest absolute Gasteiger partial charge is 0.243 e. The van der Waals surface area contributed by atoms with E-state index in [-0.39, 0.29) is 16.1 Å². The molecule has 1 aromatic carbocycles. The zero-order chi connectivity index (χ0) is 14.3. The maximum absolute atomic E-state index is 13.4. The standard InChI is InChI=1S/C13H5BrCl2FN3/c14-7-5-6-3-1-2-4-8(6)18-10(7)13-19-11(15)9(17)12(16)20-13/h1-5H. The summed E-state index contributed by atoms with van der Waals surface area (Å²) in [5.41, 5.74) is 1.22. The van der Waals surface area contributed by atoms with Crippen LogP contribution in [0, 0.1) is 5.82 Å². The maximum atomic E-state index is 13.4. The number of halogens is 4. The molecule has 0 fully saturated rings. The summed E-state index contributed by atoms with van der Waals surface area (Å²) in [6, 6.07) is 9.46. The van der Waals surface area contributed by atoms with Crippen molar-refractivity contribution < 1.29 is 4.39 Å². The summed E-state index contributed by atoms with van der Waals surface area (Å²) >= 11 is 14.8. The summed E-state index contributed by atoms with van der Waals surface area (Å²) in [6.07, 6.45) is 0. The van der Waals surface area contributed by atoms with Crippen LogP contribution in [0.15, 0.2) is 34.8 Å². The zero-order valence-corrected chi connectivity index (χ0v) is 12.8. The molecule has 3 rings (SSSR count). The lowest BCUT2D eigenvalue weighted by Gasteiger charge is -2.06. The Morgan fingerprint density at radius 3 is 2.35 bits per heavy atom. The molecule has 7 heteroatoms. The van der Waals surface area contributed by atoms with Crippen molar-refractivity contribution >= 4 is 50.0 Å². The molecule has 0 radical (unpaired) electrons. The molecule has 3 aromatic rings. The molecule has 0 saturated carbocycles. The third-order valence-corrected chi connectivity index (χ3v) is 3.76. The highest BCUT2D eigenvalue weighted by Gasteiger charge is 2.16. The fourth-order valence-corrected chi connectivity index (χ4v) is 2.65. The Balaban J connectivity index is 2.26. The Bertz CT molecular complexity index is 803. The van der Waals surface area contributed by atoms with Crippen LogP contribution in [0.4, 0.5) is 4.39 Å². The average Bonchev–Trinajstić information content (AvgIpc) is 2.43. The third kappa shape index (κ3) is 2.37. The number of aromatic nitrogens is 3. The highest BCUT2D eigenvalue weighted by molar-refractivity contribution is 9.10. The lowest BCUT2D eigenvalue weighted by Crippen LogP contribution is -1.97. The Hall–Kier alpha value is -1.30. The van der Waals surface area contributed by atoms with Gasteiger partial charge in [-0.1, -0.05) is 41.4 Å². The average molecular weight is 373 g/mol. The Morgan fingerprint density at radius 1 is 1.00 bits per heavy atom. The summed E-state index contributed by atoms with van der Waals surface area (Å²) in [5.74, 6) is -0.673. The van der Waals surface area contributed by atoms with Crippen molar-refractivity contribution in [1.29, 1.82) is 0 Å². The van der Waals surface area contributed by atoms with E-state index >= 15 is 0 Å². The minimum atomic E-state index is -0.839. The molecule has 0 aliphatic heterocycles. The third-order valence-electron chi connectivity index (χ3n) is 2.66. The van der Waals surface area contributed by atoms with Crippen LogP contribution >= 0.6 is 39.1 Å². The topological polar surface area (TPSA) is 38.7 Å². The van der Waals surface area contributed by atoms with E-state index in [1.165, 1.54) is 0 Å². The molecule has 0 N–H and O–H groups in total. The van der Waals surface area contributed by atoms with Crippen molar-refractivity contribution in [3.63, 3.8) is 0 Å². The second-order valence-electron chi connectivity index (χ2n) is 3.95. The molecule has 0 amide bonds. The number of hydrogen-bond acceptors (Lipinski definition) is 3. The van der Waals surface area contributed by atoms with E-state index in [0.29, 0.717) is 10.2 Å². The summed E-state index contributed by atoms with van der Waals surface area (Å²) in [6.45, 7) is 0. The van der Waals surface area contributed by atoms with Crippen molar-refractivity contribution in [3.05, 3.63) is 50.9 Å². The quantitative estimate of drug-likeness (QED) is 0.570. The van der Waals surface area contributed by atoms with E-state index < -0.39 is 5.82 Å². The van der Waals surface area contributed by atoms with E-state index in [9.17, 15) is 4.39 Å². The Labute approximate surface area is 131 Å². The van der Waals surface area contributed by atoms with Gasteiger partial charge in [-0.05, 0) is 28.1 Å². The molecule has 0 aliphatic carbocycles. The van der Waals surface area contributed by atoms with E-state index in [1.54, 1.807) is 0 Å². The minimum Gasteiger partial charge on any atom is -0.243 e. The van der Waals surface area contributed by atoms with Crippen LogP contribution in [0.2, 0.25) is 10.3 Å². The molecule has 100 valence electrons. The van der Waals surface area contributed by atoms with Gasteiger partial charge < -0.3 is 0 Å². The van der Waals surface area contributed by atoms with Gasteiger partial charge in [-0.25, -0.2) is 19.3 Å². The zero-order valence-electron chi connectivity index (χ0n) is 9.74. The van der Waals surface area contributed by atoms with Gasteiger partial charge in [-0.15, -0.1) is 0 Å². The van der Waals surface area contributed by atoms with E-state index in [1.807, 2.05) is 30.3 Å². The monoisotopic (exact) mass is 371 g/mol. The molecule has 0 unspecified atom stereocenters. The molecule has 20 heavy (non-hydrogen) atoms. The lowest BCUT2D eigenvalue weighted by atomic mass is 10.2. The van der Waals surface area contributed by atoms with Crippen LogP contribution in [0.3, 0.4) is 0 Å². The van der Waals surface area contributed by atoms with Crippen molar-refractivity contribution in [1.82, 2.24) is 15.0 Å². The molecule has 0 bridgehead atoms. The lowest BCUT2D eigenvalue weighted by molar-refractivity contribution is 0.615. The normalized spacial score (nSPS) is 11.0. The van der Waals surface area contributed by atoms with Gasteiger partial charge in [0.05, 0.1) is 5.52 Å². The molecule has 0 atom stereocenters. The van der Waals surface area contributed by atoms with Gasteiger partial charge >= 0.3 is 0 Å². The first-order valence-electron chi connectivity index (χ1n) is 5.50. The van der Waals surface area contributed by atoms with E-state index in [4.69, 9.17) is 23.2 Å².